The summed E-state index contributed by atoms with van der Waals surface area (Å²) >= 11 is 0. The number of amides is 1. The van der Waals surface area contributed by atoms with Crippen molar-refractivity contribution in [2.24, 2.45) is 0 Å². The molecule has 2 unspecified atom stereocenters. The van der Waals surface area contributed by atoms with E-state index in [1.165, 1.54) is 18.2 Å². The van der Waals surface area contributed by atoms with Crippen LogP contribution in [0.25, 0.3) is 0 Å². The number of carbonyl (C=O) groups is 1. The molecule has 0 bridgehead atoms. The number of rotatable bonds is 14. The predicted molar refractivity (Wildman–Crippen MR) is 188 cm³/mol. The minimum atomic E-state index is -4.29. The number of ether oxygens (including phenoxy) is 4. The molecule has 2 aliphatic heterocycles. The number of nitrogens with zero attached hydrogens (tertiary/aromatic N) is 3. The summed E-state index contributed by atoms with van der Waals surface area (Å²) in [7, 11) is 0.563. The first-order valence-corrected chi connectivity index (χ1v) is 18.4. The fraction of sp³-hybridized carbons (Fsp3) is 0.486. The van der Waals surface area contributed by atoms with Gasteiger partial charge in [0.05, 0.1) is 33.9 Å². The van der Waals surface area contributed by atoms with Gasteiger partial charge in [0, 0.05) is 38.8 Å². The van der Waals surface area contributed by atoms with Crippen molar-refractivity contribution in [2.75, 3.05) is 67.2 Å². The predicted octanol–water partition coefficient (Wildman–Crippen LogP) is 5.62. The maximum absolute atomic E-state index is 14.8. The molecule has 0 radical (unpaired) electrons. The van der Waals surface area contributed by atoms with Gasteiger partial charge in [-0.2, -0.15) is 8.42 Å². The largest absolute Gasteiger partial charge is 0.493 e. The summed E-state index contributed by atoms with van der Waals surface area (Å²) in [6.07, 6.45) is 2.47. The standard InChI is InChI=1S/C37H49FN3O7S/c1-26(2)41(37(42)27(3)30-11-7-8-12-35(30)49(41,43)44)31-25-29(38)13-14-32(31)48-22-10-9-16-39-18-20-40(21-19-39)17-15-28-23-33(45-4)36(47-6)34(24-28)46-5/h7-8,11-14,23-27H,9-10,15-22H2,1-6H3/q+1. The van der Waals surface area contributed by atoms with Crippen LogP contribution in [0.4, 0.5) is 10.1 Å². The van der Waals surface area contributed by atoms with E-state index in [9.17, 15) is 17.6 Å². The molecular weight excluding hydrogens is 649 g/mol. The Balaban J connectivity index is 1.17. The van der Waals surface area contributed by atoms with Crippen molar-refractivity contribution in [1.29, 1.82) is 0 Å². The number of benzene rings is 3. The second-order valence-corrected chi connectivity index (χ2v) is 14.9. The maximum Gasteiger partial charge on any atom is 0.341 e. The molecular formula is C37H49FN3O7S+. The Bertz CT molecular complexity index is 1720. The summed E-state index contributed by atoms with van der Waals surface area (Å²) in [4.78, 5) is 19.1. The van der Waals surface area contributed by atoms with Gasteiger partial charge in [-0.05, 0) is 88.0 Å². The van der Waals surface area contributed by atoms with Crippen LogP contribution < -0.4 is 22.8 Å². The van der Waals surface area contributed by atoms with Gasteiger partial charge in [-0.25, -0.2) is 9.18 Å². The lowest BCUT2D eigenvalue weighted by Crippen LogP contribution is -2.65. The van der Waals surface area contributed by atoms with Crippen molar-refractivity contribution >= 4 is 21.6 Å². The molecule has 2 atom stereocenters. The van der Waals surface area contributed by atoms with E-state index in [1.807, 2.05) is 12.1 Å². The zero-order valence-electron chi connectivity index (χ0n) is 29.4. The summed E-state index contributed by atoms with van der Waals surface area (Å²) in [6, 6.07) is 13.7. The number of hydrogen-bond acceptors (Lipinski definition) is 9. The molecule has 3 aromatic carbocycles. The van der Waals surface area contributed by atoms with Gasteiger partial charge in [0.1, 0.15) is 16.8 Å². The number of sulfonamides is 1. The molecule has 1 amide bonds. The van der Waals surface area contributed by atoms with Crippen molar-refractivity contribution in [3.05, 3.63) is 71.5 Å². The molecule has 0 aromatic heterocycles. The van der Waals surface area contributed by atoms with E-state index in [2.05, 4.69) is 9.80 Å². The van der Waals surface area contributed by atoms with Crippen molar-refractivity contribution in [1.82, 2.24) is 13.7 Å². The summed E-state index contributed by atoms with van der Waals surface area (Å²) in [5.41, 5.74) is 1.60. The van der Waals surface area contributed by atoms with Crippen LogP contribution in [-0.2, 0) is 21.2 Å². The van der Waals surface area contributed by atoms with Crippen LogP contribution in [0.5, 0.6) is 23.0 Å². The smallest absolute Gasteiger partial charge is 0.341 e. The molecule has 0 saturated carbocycles. The monoisotopic (exact) mass is 698 g/mol. The number of piperazine rings is 1. The van der Waals surface area contributed by atoms with Crippen molar-refractivity contribution in [3.63, 3.8) is 0 Å². The first-order valence-electron chi connectivity index (χ1n) is 16.9. The maximum atomic E-state index is 14.8. The molecule has 0 spiro atoms. The molecule has 3 aromatic rings. The minimum Gasteiger partial charge on any atom is -0.493 e. The minimum absolute atomic E-state index is 0.0176. The van der Waals surface area contributed by atoms with Crippen molar-refractivity contribution in [3.8, 4) is 23.0 Å². The van der Waals surface area contributed by atoms with E-state index >= 15 is 0 Å². The molecule has 2 heterocycles. The Morgan fingerprint density at radius 1 is 0.857 bits per heavy atom. The molecule has 0 aliphatic carbocycles. The second-order valence-electron chi connectivity index (χ2n) is 13.0. The van der Waals surface area contributed by atoms with Gasteiger partial charge in [-0.15, -0.1) is 3.89 Å². The van der Waals surface area contributed by atoms with Crippen LogP contribution in [0.3, 0.4) is 0 Å². The molecule has 1 saturated heterocycles. The number of fused-ring (bicyclic) bond motifs is 1. The summed E-state index contributed by atoms with van der Waals surface area (Å²) in [5, 5.41) is 0. The van der Waals surface area contributed by atoms with E-state index in [0.29, 0.717) is 29.4 Å². The molecule has 1 fully saturated rings. The van der Waals surface area contributed by atoms with Crippen LogP contribution in [0, 0.1) is 5.82 Å². The van der Waals surface area contributed by atoms with E-state index in [1.54, 1.807) is 60.3 Å². The van der Waals surface area contributed by atoms with Crippen molar-refractivity contribution in [2.45, 2.75) is 56.9 Å². The number of methoxy groups -OCH3 is 3. The van der Waals surface area contributed by atoms with E-state index in [4.69, 9.17) is 18.9 Å². The Labute approximate surface area is 289 Å². The normalized spacial score (nSPS) is 21.0. The molecule has 2 aliphatic rings. The highest BCUT2D eigenvalue weighted by molar-refractivity contribution is 7.91. The van der Waals surface area contributed by atoms with Gasteiger partial charge in [0.15, 0.2) is 17.2 Å². The number of unbranched alkanes of at least 4 members (excludes halogenated alkanes) is 1. The fourth-order valence-electron chi connectivity index (χ4n) is 7.12. The third-order valence-electron chi connectivity index (χ3n) is 9.78. The van der Waals surface area contributed by atoms with Crippen LogP contribution in [0.15, 0.2) is 59.5 Å². The number of hydrogen-bond donors (Lipinski definition) is 0. The lowest BCUT2D eigenvalue weighted by atomic mass is 9.98. The van der Waals surface area contributed by atoms with Gasteiger partial charge in [0.25, 0.3) is 0 Å². The summed E-state index contributed by atoms with van der Waals surface area (Å²) < 4.78 is 65.0. The molecule has 12 heteroatoms. The average Bonchev–Trinajstić information content (AvgIpc) is 3.10. The topological polar surface area (TPSA) is 94.6 Å². The summed E-state index contributed by atoms with van der Waals surface area (Å²) in [6.45, 7) is 11.1. The molecule has 5 rings (SSSR count). The van der Waals surface area contributed by atoms with Crippen LogP contribution in [0.1, 0.15) is 50.7 Å². The van der Waals surface area contributed by atoms with E-state index in [-0.39, 0.29) is 16.3 Å². The number of carbonyl (C=O) groups excluding carboxylic acids is 1. The van der Waals surface area contributed by atoms with Crippen LogP contribution in [-0.4, -0.2) is 97.4 Å². The first-order chi connectivity index (χ1) is 23.5. The highest BCUT2D eigenvalue weighted by atomic mass is 32.2. The Hall–Kier alpha value is -3.71. The van der Waals surface area contributed by atoms with Crippen LogP contribution in [0.2, 0.25) is 0 Å². The van der Waals surface area contributed by atoms with E-state index in [0.717, 1.165) is 70.2 Å². The zero-order valence-corrected chi connectivity index (χ0v) is 30.2. The van der Waals surface area contributed by atoms with E-state index < -0.39 is 37.6 Å². The highest BCUT2D eigenvalue weighted by Gasteiger charge is 2.61. The van der Waals surface area contributed by atoms with Crippen molar-refractivity contribution < 1.29 is 36.6 Å². The third kappa shape index (κ3) is 7.01. The van der Waals surface area contributed by atoms with Crippen LogP contribution >= 0.6 is 0 Å². The van der Waals surface area contributed by atoms with Gasteiger partial charge in [-0.3, -0.25) is 0 Å². The van der Waals surface area contributed by atoms with Gasteiger partial charge in [-0.1, -0.05) is 18.2 Å². The third-order valence-corrected chi connectivity index (χ3v) is 12.3. The van der Waals surface area contributed by atoms with Gasteiger partial charge < -0.3 is 28.7 Å². The second kappa shape index (κ2) is 15.5. The highest BCUT2D eigenvalue weighted by Crippen LogP contribution is 2.48. The first kappa shape index (κ1) is 36.6. The zero-order chi connectivity index (χ0) is 35.3. The Morgan fingerprint density at radius 2 is 1.49 bits per heavy atom. The molecule has 266 valence electrons. The lowest BCUT2D eigenvalue weighted by molar-refractivity contribution is -0.128. The van der Waals surface area contributed by atoms with Gasteiger partial charge >= 0.3 is 15.9 Å². The quantitative estimate of drug-likeness (QED) is 0.157. The Morgan fingerprint density at radius 3 is 2.10 bits per heavy atom. The molecule has 49 heavy (non-hydrogen) atoms. The summed E-state index contributed by atoms with van der Waals surface area (Å²) in [5.74, 6) is 0.273. The molecule has 0 N–H and O–H groups in total. The SMILES string of the molecule is COc1cc(CCN2CCN(CCCCOc3ccc(F)cc3[N+]3(C(C)C)C(=O)C(C)c4ccccc4S3(=O)=O)CC2)cc(OC)c1OC. The fourth-order valence-corrected chi connectivity index (χ4v) is 9.58. The average molecular weight is 699 g/mol. The Kier molecular flexibility index (Phi) is 11.5. The number of quaternary nitrogens is 1. The lowest BCUT2D eigenvalue weighted by Gasteiger charge is -2.42. The number of halogens is 1. The van der Waals surface area contributed by atoms with Gasteiger partial charge in [0.2, 0.25) is 11.4 Å². The molecule has 10 nitrogen and oxygen atoms in total.